The van der Waals surface area contributed by atoms with Crippen molar-refractivity contribution in [2.45, 2.75) is 31.3 Å². The fraction of sp³-hybridized carbons (Fsp3) is 0.400. The van der Waals surface area contributed by atoms with Crippen molar-refractivity contribution in [2.75, 3.05) is 25.3 Å². The molecule has 0 atom stereocenters. The van der Waals surface area contributed by atoms with Gasteiger partial charge in [-0.2, -0.15) is 5.26 Å². The second kappa shape index (κ2) is 8.90. The molecule has 0 amide bonds. The summed E-state index contributed by atoms with van der Waals surface area (Å²) in [6.07, 6.45) is 5.66. The summed E-state index contributed by atoms with van der Waals surface area (Å²) in [7, 11) is -3.19. The first-order valence-corrected chi connectivity index (χ1v) is 14.1. The third kappa shape index (κ3) is 4.83. The van der Waals surface area contributed by atoms with E-state index in [1.54, 1.807) is 12.1 Å². The molecule has 0 spiro atoms. The highest BCUT2D eigenvalue weighted by Crippen LogP contribution is 2.67. The van der Waals surface area contributed by atoms with Gasteiger partial charge in [0.2, 0.25) is 10.0 Å². The predicted octanol–water partition coefficient (Wildman–Crippen LogP) is 4.68. The summed E-state index contributed by atoms with van der Waals surface area (Å²) in [5.41, 5.74) is 2.06. The lowest BCUT2D eigenvalue weighted by Gasteiger charge is -2.69. The van der Waals surface area contributed by atoms with Gasteiger partial charge in [0.1, 0.15) is 18.4 Å². The molecule has 3 aliphatic carbocycles. The zero-order valence-corrected chi connectivity index (χ0v) is 21.5. The number of hydrogen-bond donors (Lipinski definition) is 1. The molecule has 10 heteroatoms. The SMILES string of the molecule is CS(=O)(=O)NC12CC(COc3ccc4ccn(Cc5cc(Cl)c(OCCCl)c(C#N)c5)c4c3)(C1)C2. The third-order valence-corrected chi connectivity index (χ3v) is 7.97. The fourth-order valence-corrected chi connectivity index (χ4v) is 6.97. The molecule has 0 aliphatic heterocycles. The summed E-state index contributed by atoms with van der Waals surface area (Å²) < 4.78 is 39.6. The minimum absolute atomic E-state index is 0.0619. The highest BCUT2D eigenvalue weighted by Gasteiger charge is 2.69. The number of fused-ring (bicyclic) bond motifs is 1. The lowest BCUT2D eigenvalue weighted by Crippen LogP contribution is -2.76. The Balaban J connectivity index is 1.28. The van der Waals surface area contributed by atoms with Gasteiger partial charge in [0, 0.05) is 29.8 Å². The Labute approximate surface area is 214 Å². The molecule has 1 N–H and O–H groups in total. The van der Waals surface area contributed by atoms with Crippen molar-refractivity contribution < 1.29 is 17.9 Å². The van der Waals surface area contributed by atoms with E-state index in [-0.39, 0.29) is 17.6 Å². The smallest absolute Gasteiger partial charge is 0.209 e. The van der Waals surface area contributed by atoms with Crippen LogP contribution in [0.15, 0.2) is 42.6 Å². The van der Waals surface area contributed by atoms with Crippen LogP contribution in [-0.4, -0.2) is 43.9 Å². The molecule has 35 heavy (non-hydrogen) atoms. The number of alkyl halides is 1. The number of hydrogen-bond acceptors (Lipinski definition) is 5. The summed E-state index contributed by atoms with van der Waals surface area (Å²) in [6.45, 7) is 1.37. The number of aromatic nitrogens is 1. The molecule has 1 heterocycles. The molecule has 1 aromatic heterocycles. The highest BCUT2D eigenvalue weighted by molar-refractivity contribution is 7.88. The summed E-state index contributed by atoms with van der Waals surface area (Å²) in [5.74, 6) is 1.43. The number of nitriles is 1. The minimum Gasteiger partial charge on any atom is -0.493 e. The van der Waals surface area contributed by atoms with Crippen LogP contribution >= 0.6 is 23.2 Å². The number of halogens is 2. The molecular formula is C25H25Cl2N3O4S. The van der Waals surface area contributed by atoms with Gasteiger partial charge in [-0.3, -0.25) is 0 Å². The summed E-state index contributed by atoms with van der Waals surface area (Å²) in [5, 5.41) is 11.0. The van der Waals surface area contributed by atoms with Crippen molar-refractivity contribution in [3.8, 4) is 17.6 Å². The maximum Gasteiger partial charge on any atom is 0.209 e. The van der Waals surface area contributed by atoms with Crippen molar-refractivity contribution in [1.82, 2.24) is 9.29 Å². The number of benzene rings is 2. The molecule has 7 nitrogen and oxygen atoms in total. The van der Waals surface area contributed by atoms with Crippen LogP contribution in [-0.2, 0) is 16.6 Å². The Bertz CT molecular complexity index is 1430. The average molecular weight is 534 g/mol. The monoisotopic (exact) mass is 533 g/mol. The Morgan fingerprint density at radius 2 is 1.94 bits per heavy atom. The summed E-state index contributed by atoms with van der Waals surface area (Å²) in [6, 6.07) is 13.8. The highest BCUT2D eigenvalue weighted by atomic mass is 35.5. The van der Waals surface area contributed by atoms with Gasteiger partial charge < -0.3 is 14.0 Å². The molecule has 0 radical (unpaired) electrons. The average Bonchev–Trinajstić information content (AvgIpc) is 3.14. The zero-order chi connectivity index (χ0) is 24.8. The van der Waals surface area contributed by atoms with E-state index in [1.807, 2.05) is 30.5 Å². The number of nitrogens with zero attached hydrogens (tertiary/aromatic N) is 2. The zero-order valence-electron chi connectivity index (χ0n) is 19.2. The fourth-order valence-electron chi connectivity index (χ4n) is 5.59. The molecule has 0 unspecified atom stereocenters. The van der Waals surface area contributed by atoms with E-state index < -0.39 is 10.0 Å². The molecular weight excluding hydrogens is 509 g/mol. The second-order valence-corrected chi connectivity index (χ2v) is 12.3. The second-order valence-electron chi connectivity index (χ2n) is 9.74. The van der Waals surface area contributed by atoms with E-state index in [4.69, 9.17) is 32.7 Å². The van der Waals surface area contributed by atoms with Crippen molar-refractivity contribution in [3.05, 3.63) is 58.7 Å². The van der Waals surface area contributed by atoms with Crippen molar-refractivity contribution in [2.24, 2.45) is 5.41 Å². The van der Waals surface area contributed by atoms with Gasteiger partial charge in [-0.05, 0) is 60.5 Å². The lowest BCUT2D eigenvalue weighted by atomic mass is 9.40. The van der Waals surface area contributed by atoms with Gasteiger partial charge in [-0.25, -0.2) is 13.1 Å². The molecule has 0 saturated heterocycles. The summed E-state index contributed by atoms with van der Waals surface area (Å²) >= 11 is 12.1. The third-order valence-electron chi connectivity index (χ3n) is 6.73. The van der Waals surface area contributed by atoms with Crippen molar-refractivity contribution in [1.29, 1.82) is 5.26 Å². The van der Waals surface area contributed by atoms with Crippen molar-refractivity contribution >= 4 is 44.1 Å². The lowest BCUT2D eigenvalue weighted by molar-refractivity contribution is -0.162. The van der Waals surface area contributed by atoms with E-state index >= 15 is 0 Å². The maximum absolute atomic E-state index is 11.5. The Hall–Kier alpha value is -2.44. The van der Waals surface area contributed by atoms with E-state index in [1.165, 1.54) is 6.26 Å². The van der Waals surface area contributed by atoms with Gasteiger partial charge in [0.25, 0.3) is 0 Å². The molecule has 184 valence electrons. The number of rotatable bonds is 10. The topological polar surface area (TPSA) is 93.3 Å². The molecule has 2 bridgehead atoms. The van der Waals surface area contributed by atoms with Crippen LogP contribution in [0.4, 0.5) is 0 Å². The quantitative estimate of drug-likeness (QED) is 0.381. The van der Waals surface area contributed by atoms with Crippen molar-refractivity contribution in [3.63, 3.8) is 0 Å². The van der Waals surface area contributed by atoms with Gasteiger partial charge >= 0.3 is 0 Å². The Morgan fingerprint density at radius 1 is 1.17 bits per heavy atom. The van der Waals surface area contributed by atoms with Gasteiger partial charge in [0.15, 0.2) is 5.75 Å². The number of ether oxygens (including phenoxy) is 2. The Kier molecular flexibility index (Phi) is 6.17. The minimum atomic E-state index is -3.19. The largest absolute Gasteiger partial charge is 0.493 e. The van der Waals surface area contributed by atoms with Crippen LogP contribution in [0, 0.1) is 16.7 Å². The van der Waals surface area contributed by atoms with E-state index in [2.05, 4.69) is 15.4 Å². The van der Waals surface area contributed by atoms with Crippen LogP contribution < -0.4 is 14.2 Å². The molecule has 3 aromatic rings. The van der Waals surface area contributed by atoms with Crippen LogP contribution in [0.1, 0.15) is 30.4 Å². The normalized spacial score (nSPS) is 22.8. The van der Waals surface area contributed by atoms with Crippen LogP contribution in [0.5, 0.6) is 11.5 Å². The maximum atomic E-state index is 11.5. The first-order valence-electron chi connectivity index (χ1n) is 11.3. The van der Waals surface area contributed by atoms with E-state index in [0.29, 0.717) is 35.4 Å². The van der Waals surface area contributed by atoms with Gasteiger partial charge in [-0.15, -0.1) is 11.6 Å². The summed E-state index contributed by atoms with van der Waals surface area (Å²) in [4.78, 5) is 0. The number of nitrogens with one attached hydrogen (secondary N) is 1. The van der Waals surface area contributed by atoms with Crippen LogP contribution in [0.25, 0.3) is 10.9 Å². The van der Waals surface area contributed by atoms with Gasteiger partial charge in [0.05, 0.1) is 34.8 Å². The van der Waals surface area contributed by atoms with Crippen LogP contribution in [0.2, 0.25) is 5.02 Å². The Morgan fingerprint density at radius 3 is 2.63 bits per heavy atom. The van der Waals surface area contributed by atoms with E-state index in [9.17, 15) is 13.7 Å². The molecule has 3 aliphatic rings. The van der Waals surface area contributed by atoms with E-state index in [0.717, 1.165) is 41.5 Å². The van der Waals surface area contributed by atoms with Gasteiger partial charge in [-0.1, -0.05) is 11.6 Å². The number of sulfonamides is 1. The van der Waals surface area contributed by atoms with Crippen LogP contribution in [0.3, 0.4) is 0 Å². The molecule has 3 saturated carbocycles. The standard InChI is InChI=1S/C25H25Cl2N3O4S/c1-35(31,32)29-25-13-24(14-25,15-25)16-34-20-3-2-18-4-6-30(22(18)10-20)12-17-8-19(11-28)23(21(27)9-17)33-7-5-26/h2-4,6,8-10,29H,5,7,12-16H2,1H3. The predicted molar refractivity (Wildman–Crippen MR) is 136 cm³/mol. The molecule has 2 aromatic carbocycles. The first kappa shape index (κ1) is 24.3. The molecule has 6 rings (SSSR count). The first-order chi connectivity index (χ1) is 16.6. The molecule has 3 fully saturated rings.